The van der Waals surface area contributed by atoms with Crippen LogP contribution in [0.2, 0.25) is 0 Å². The Hall–Kier alpha value is -2.46. The number of aliphatic hydroxyl groups excluding tert-OH is 1. The third-order valence-corrected chi connectivity index (χ3v) is 5.25. The van der Waals surface area contributed by atoms with Crippen LogP contribution in [0.4, 0.5) is 5.82 Å². The van der Waals surface area contributed by atoms with E-state index in [1.807, 2.05) is 18.3 Å². The highest BCUT2D eigenvalue weighted by molar-refractivity contribution is 5.83. The SMILES string of the molecule is Cc1cc(C(C)O)ccc1-c1ccc2ncc(N3CCCCC3)nc2c1. The molecule has 1 aromatic heterocycles. The maximum absolute atomic E-state index is 9.78. The first-order valence-corrected chi connectivity index (χ1v) is 9.42. The molecule has 0 spiro atoms. The molecule has 1 fully saturated rings. The molecule has 0 radical (unpaired) electrons. The highest BCUT2D eigenvalue weighted by Crippen LogP contribution is 2.29. The summed E-state index contributed by atoms with van der Waals surface area (Å²) in [6.45, 7) is 6.02. The molecule has 0 amide bonds. The molecule has 1 aliphatic heterocycles. The van der Waals surface area contributed by atoms with Crippen LogP contribution in [-0.4, -0.2) is 28.2 Å². The minimum absolute atomic E-state index is 0.447. The average molecular weight is 347 g/mol. The number of aryl methyl sites for hydroxylation is 1. The van der Waals surface area contributed by atoms with E-state index < -0.39 is 6.10 Å². The Morgan fingerprint density at radius 2 is 1.81 bits per heavy atom. The van der Waals surface area contributed by atoms with E-state index in [0.717, 1.165) is 46.6 Å². The molecule has 1 saturated heterocycles. The number of nitrogens with zero attached hydrogens (tertiary/aromatic N) is 3. The lowest BCUT2D eigenvalue weighted by atomic mass is 9.96. The van der Waals surface area contributed by atoms with Gasteiger partial charge in [0.05, 0.1) is 23.3 Å². The van der Waals surface area contributed by atoms with Crippen molar-refractivity contribution < 1.29 is 5.11 Å². The van der Waals surface area contributed by atoms with Gasteiger partial charge < -0.3 is 10.0 Å². The third-order valence-electron chi connectivity index (χ3n) is 5.25. The van der Waals surface area contributed by atoms with E-state index >= 15 is 0 Å². The van der Waals surface area contributed by atoms with Gasteiger partial charge >= 0.3 is 0 Å². The summed E-state index contributed by atoms with van der Waals surface area (Å²) < 4.78 is 0. The van der Waals surface area contributed by atoms with Gasteiger partial charge in [0, 0.05) is 13.1 Å². The van der Waals surface area contributed by atoms with Crippen molar-refractivity contribution in [3.05, 3.63) is 53.7 Å². The van der Waals surface area contributed by atoms with Gasteiger partial charge in [-0.25, -0.2) is 4.98 Å². The van der Waals surface area contributed by atoms with Crippen molar-refractivity contribution in [2.75, 3.05) is 18.0 Å². The van der Waals surface area contributed by atoms with E-state index in [4.69, 9.17) is 4.98 Å². The van der Waals surface area contributed by atoms with Crippen molar-refractivity contribution in [1.82, 2.24) is 9.97 Å². The maximum atomic E-state index is 9.78. The monoisotopic (exact) mass is 347 g/mol. The summed E-state index contributed by atoms with van der Waals surface area (Å²) in [6, 6.07) is 12.4. The van der Waals surface area contributed by atoms with E-state index in [9.17, 15) is 5.11 Å². The van der Waals surface area contributed by atoms with Gasteiger partial charge in [0.2, 0.25) is 0 Å². The number of hydrogen-bond donors (Lipinski definition) is 1. The number of anilines is 1. The Labute approximate surface area is 154 Å². The van der Waals surface area contributed by atoms with E-state index in [1.165, 1.54) is 24.8 Å². The van der Waals surface area contributed by atoms with Gasteiger partial charge in [-0.1, -0.05) is 24.3 Å². The van der Waals surface area contributed by atoms with Crippen molar-refractivity contribution in [2.24, 2.45) is 0 Å². The zero-order valence-corrected chi connectivity index (χ0v) is 15.4. The van der Waals surface area contributed by atoms with E-state index in [-0.39, 0.29) is 0 Å². The molecule has 4 nitrogen and oxygen atoms in total. The Bertz CT molecular complexity index is 930. The predicted molar refractivity (Wildman–Crippen MR) is 106 cm³/mol. The largest absolute Gasteiger partial charge is 0.389 e. The lowest BCUT2D eigenvalue weighted by Crippen LogP contribution is -2.30. The zero-order chi connectivity index (χ0) is 18.1. The van der Waals surface area contributed by atoms with Crippen LogP contribution in [0.1, 0.15) is 43.4 Å². The molecule has 2 aromatic carbocycles. The van der Waals surface area contributed by atoms with Gasteiger partial charge in [0.1, 0.15) is 5.82 Å². The van der Waals surface area contributed by atoms with Gasteiger partial charge in [-0.3, -0.25) is 4.98 Å². The fourth-order valence-electron chi connectivity index (χ4n) is 3.72. The van der Waals surface area contributed by atoms with Crippen molar-refractivity contribution in [2.45, 2.75) is 39.2 Å². The van der Waals surface area contributed by atoms with Crippen molar-refractivity contribution in [1.29, 1.82) is 0 Å². The molecular formula is C22H25N3O. The molecule has 134 valence electrons. The smallest absolute Gasteiger partial charge is 0.147 e. The van der Waals surface area contributed by atoms with Gasteiger partial charge in [0.15, 0.2) is 0 Å². The second-order valence-corrected chi connectivity index (χ2v) is 7.23. The lowest BCUT2D eigenvalue weighted by molar-refractivity contribution is 0.199. The molecule has 0 aliphatic carbocycles. The Morgan fingerprint density at radius 1 is 1.00 bits per heavy atom. The molecule has 1 aliphatic rings. The second-order valence-electron chi connectivity index (χ2n) is 7.23. The quantitative estimate of drug-likeness (QED) is 0.749. The van der Waals surface area contributed by atoms with Crippen LogP contribution in [0.5, 0.6) is 0 Å². The van der Waals surface area contributed by atoms with Gasteiger partial charge in [-0.05, 0) is 67.5 Å². The first-order chi connectivity index (χ1) is 12.6. The first kappa shape index (κ1) is 17.0. The number of piperidine rings is 1. The average Bonchev–Trinajstić information content (AvgIpc) is 2.67. The lowest BCUT2D eigenvalue weighted by Gasteiger charge is -2.27. The van der Waals surface area contributed by atoms with E-state index in [1.54, 1.807) is 6.92 Å². The number of benzene rings is 2. The van der Waals surface area contributed by atoms with Gasteiger partial charge in [0.25, 0.3) is 0 Å². The normalized spacial score (nSPS) is 16.0. The number of fused-ring (bicyclic) bond motifs is 1. The molecular weight excluding hydrogens is 322 g/mol. The fraction of sp³-hybridized carbons (Fsp3) is 0.364. The first-order valence-electron chi connectivity index (χ1n) is 9.42. The summed E-state index contributed by atoms with van der Waals surface area (Å²) in [5.41, 5.74) is 6.26. The zero-order valence-electron chi connectivity index (χ0n) is 15.4. The fourth-order valence-corrected chi connectivity index (χ4v) is 3.72. The minimum Gasteiger partial charge on any atom is -0.389 e. The molecule has 4 heteroatoms. The van der Waals surface area contributed by atoms with Gasteiger partial charge in [-0.2, -0.15) is 0 Å². The highest BCUT2D eigenvalue weighted by atomic mass is 16.3. The predicted octanol–water partition coefficient (Wildman–Crippen LogP) is 4.65. The molecule has 0 bridgehead atoms. The summed E-state index contributed by atoms with van der Waals surface area (Å²) in [5, 5.41) is 9.78. The van der Waals surface area contributed by atoms with Crippen molar-refractivity contribution in [3.63, 3.8) is 0 Å². The molecule has 1 atom stereocenters. The standard InChI is InChI=1S/C22H25N3O/c1-15-12-17(16(2)26)6-8-19(15)18-7-9-20-21(13-18)24-22(14-23-20)25-10-4-3-5-11-25/h6-9,12-14,16,26H,3-5,10-11H2,1-2H3. The summed E-state index contributed by atoms with van der Waals surface area (Å²) in [7, 11) is 0. The minimum atomic E-state index is -0.447. The summed E-state index contributed by atoms with van der Waals surface area (Å²) >= 11 is 0. The van der Waals surface area contributed by atoms with Crippen molar-refractivity contribution >= 4 is 16.9 Å². The molecule has 1 N–H and O–H groups in total. The van der Waals surface area contributed by atoms with Crippen LogP contribution in [0.25, 0.3) is 22.2 Å². The molecule has 0 saturated carbocycles. The van der Waals surface area contributed by atoms with Crippen LogP contribution in [0.15, 0.2) is 42.6 Å². The number of aliphatic hydroxyl groups is 1. The van der Waals surface area contributed by atoms with E-state index in [0.29, 0.717) is 0 Å². The molecule has 1 unspecified atom stereocenters. The van der Waals surface area contributed by atoms with Gasteiger partial charge in [-0.15, -0.1) is 0 Å². The Morgan fingerprint density at radius 3 is 2.54 bits per heavy atom. The third kappa shape index (κ3) is 3.29. The second kappa shape index (κ2) is 7.04. The van der Waals surface area contributed by atoms with Crippen LogP contribution in [0.3, 0.4) is 0 Å². The number of hydrogen-bond acceptors (Lipinski definition) is 4. The maximum Gasteiger partial charge on any atom is 0.147 e. The molecule has 4 rings (SSSR count). The molecule has 26 heavy (non-hydrogen) atoms. The van der Waals surface area contributed by atoms with Crippen molar-refractivity contribution in [3.8, 4) is 11.1 Å². The molecule has 2 heterocycles. The van der Waals surface area contributed by atoms with Crippen LogP contribution < -0.4 is 4.90 Å². The Balaban J connectivity index is 1.72. The highest BCUT2D eigenvalue weighted by Gasteiger charge is 2.13. The topological polar surface area (TPSA) is 49.3 Å². The van der Waals surface area contributed by atoms with E-state index in [2.05, 4.69) is 41.1 Å². The van der Waals surface area contributed by atoms with Crippen LogP contribution in [-0.2, 0) is 0 Å². The number of rotatable bonds is 3. The summed E-state index contributed by atoms with van der Waals surface area (Å²) in [5.74, 6) is 0.982. The summed E-state index contributed by atoms with van der Waals surface area (Å²) in [4.78, 5) is 11.8. The number of aromatic nitrogens is 2. The van der Waals surface area contributed by atoms with Crippen LogP contribution in [0, 0.1) is 6.92 Å². The molecule has 3 aromatic rings. The summed E-state index contributed by atoms with van der Waals surface area (Å²) in [6.07, 6.45) is 5.22. The Kier molecular flexibility index (Phi) is 4.60. The van der Waals surface area contributed by atoms with Crippen LogP contribution >= 0.6 is 0 Å².